The zero-order chi connectivity index (χ0) is 23.7. The Kier molecular flexibility index (Phi) is 6.08. The summed E-state index contributed by atoms with van der Waals surface area (Å²) < 4.78 is 16.8. The molecule has 1 atom stereocenters. The topological polar surface area (TPSA) is 86.8 Å². The van der Waals surface area contributed by atoms with Crippen molar-refractivity contribution in [1.29, 1.82) is 0 Å². The van der Waals surface area contributed by atoms with Crippen LogP contribution < -0.4 is 14.8 Å². The maximum absolute atomic E-state index is 13.1. The van der Waals surface area contributed by atoms with Gasteiger partial charge in [-0.05, 0) is 48.9 Å². The molecule has 3 heterocycles. The summed E-state index contributed by atoms with van der Waals surface area (Å²) in [5.74, 6) is 0.299. The standard InChI is InChI=1S/C25H19ClN2O5S/c1-14(24(29)27-12-15-6-7-20-21(10-15)32-13-31-20)33-25(30)17-11-19(22-8-9-23(26)34-22)28-18-5-3-2-4-16(17)18/h2-11,14H,12-13H2,1H3,(H,27,29). The highest BCUT2D eigenvalue weighted by Gasteiger charge is 2.22. The third kappa shape index (κ3) is 4.55. The summed E-state index contributed by atoms with van der Waals surface area (Å²) in [6.45, 7) is 1.98. The van der Waals surface area contributed by atoms with Crippen LogP contribution in [0.4, 0.5) is 0 Å². The monoisotopic (exact) mass is 494 g/mol. The first kappa shape index (κ1) is 22.2. The minimum atomic E-state index is -0.993. The number of nitrogens with zero attached hydrogens (tertiary/aromatic N) is 1. The lowest BCUT2D eigenvalue weighted by Crippen LogP contribution is -2.35. The molecule has 0 spiro atoms. The molecule has 1 amide bonds. The number of rotatable bonds is 6. The van der Waals surface area contributed by atoms with Gasteiger partial charge in [0.1, 0.15) is 0 Å². The number of aromatic nitrogens is 1. The van der Waals surface area contributed by atoms with Crippen LogP contribution in [0.1, 0.15) is 22.8 Å². The normalized spacial score (nSPS) is 13.0. The summed E-state index contributed by atoms with van der Waals surface area (Å²) >= 11 is 7.45. The van der Waals surface area contributed by atoms with E-state index in [0.29, 0.717) is 38.0 Å². The number of carbonyl (C=O) groups is 2. The average Bonchev–Trinajstić information content (AvgIpc) is 3.50. The molecule has 1 aliphatic heterocycles. The Bertz CT molecular complexity index is 1400. The first-order valence-corrected chi connectivity index (χ1v) is 11.7. The van der Waals surface area contributed by atoms with Crippen molar-refractivity contribution < 1.29 is 23.8 Å². The molecule has 7 nitrogen and oxygen atoms in total. The number of hydrogen-bond donors (Lipinski definition) is 1. The Morgan fingerprint density at radius 2 is 1.94 bits per heavy atom. The number of halogens is 1. The second-order valence-electron chi connectivity index (χ2n) is 7.63. The quantitative estimate of drug-likeness (QED) is 0.370. The average molecular weight is 495 g/mol. The molecule has 2 aromatic carbocycles. The van der Waals surface area contributed by atoms with E-state index in [1.54, 1.807) is 30.3 Å². The third-order valence-corrected chi connectivity index (χ3v) is 6.57. The number of ether oxygens (including phenoxy) is 3. The molecule has 0 saturated heterocycles. The molecule has 9 heteroatoms. The first-order valence-electron chi connectivity index (χ1n) is 10.5. The van der Waals surface area contributed by atoms with E-state index in [-0.39, 0.29) is 13.3 Å². The summed E-state index contributed by atoms with van der Waals surface area (Å²) in [7, 11) is 0. The van der Waals surface area contributed by atoms with Crippen molar-refractivity contribution in [1.82, 2.24) is 10.3 Å². The molecule has 5 rings (SSSR count). The van der Waals surface area contributed by atoms with E-state index >= 15 is 0 Å². The van der Waals surface area contributed by atoms with Gasteiger partial charge in [-0.25, -0.2) is 9.78 Å². The Balaban J connectivity index is 1.31. The summed E-state index contributed by atoms with van der Waals surface area (Å²) in [6, 6.07) is 18.0. The second kappa shape index (κ2) is 9.32. The molecule has 34 heavy (non-hydrogen) atoms. The molecule has 1 unspecified atom stereocenters. The number of thiophene rings is 1. The van der Waals surface area contributed by atoms with Crippen molar-refractivity contribution in [2.24, 2.45) is 0 Å². The lowest BCUT2D eigenvalue weighted by Gasteiger charge is -2.15. The van der Waals surface area contributed by atoms with Crippen LogP contribution in [0.25, 0.3) is 21.5 Å². The fraction of sp³-hybridized carbons (Fsp3) is 0.160. The maximum Gasteiger partial charge on any atom is 0.339 e. The molecule has 0 aliphatic carbocycles. The van der Waals surface area contributed by atoms with Crippen LogP contribution in [0.15, 0.2) is 60.7 Å². The maximum atomic E-state index is 13.1. The van der Waals surface area contributed by atoms with E-state index in [9.17, 15) is 9.59 Å². The molecule has 2 aromatic heterocycles. The van der Waals surface area contributed by atoms with Gasteiger partial charge in [-0.1, -0.05) is 35.9 Å². The van der Waals surface area contributed by atoms with Gasteiger partial charge in [-0.3, -0.25) is 4.79 Å². The molecular formula is C25H19ClN2O5S. The minimum absolute atomic E-state index is 0.184. The van der Waals surface area contributed by atoms with E-state index < -0.39 is 18.0 Å². The number of hydrogen-bond acceptors (Lipinski definition) is 7. The SMILES string of the molecule is CC(OC(=O)c1cc(-c2ccc(Cl)s2)nc2ccccc12)C(=O)NCc1ccc2c(c1)OCO2. The molecule has 1 aliphatic rings. The van der Waals surface area contributed by atoms with Crippen LogP contribution in [0.5, 0.6) is 11.5 Å². The number of amides is 1. The third-order valence-electron chi connectivity index (χ3n) is 5.32. The van der Waals surface area contributed by atoms with Gasteiger partial charge in [-0.15, -0.1) is 11.3 Å². The molecule has 0 saturated carbocycles. The van der Waals surface area contributed by atoms with Gasteiger partial charge in [-0.2, -0.15) is 0 Å². The lowest BCUT2D eigenvalue weighted by molar-refractivity contribution is -0.129. The number of esters is 1. The lowest BCUT2D eigenvalue weighted by atomic mass is 10.1. The molecular weight excluding hydrogens is 476 g/mol. The molecule has 1 N–H and O–H groups in total. The van der Waals surface area contributed by atoms with Crippen molar-refractivity contribution in [2.75, 3.05) is 6.79 Å². The summed E-state index contributed by atoms with van der Waals surface area (Å²) in [4.78, 5) is 31.2. The predicted octanol–water partition coefficient (Wildman–Crippen LogP) is 5.21. The Morgan fingerprint density at radius 3 is 2.76 bits per heavy atom. The molecule has 0 radical (unpaired) electrons. The van der Waals surface area contributed by atoms with Crippen molar-refractivity contribution in [3.8, 4) is 22.1 Å². The Hall–Kier alpha value is -3.62. The van der Waals surface area contributed by atoms with Crippen LogP contribution >= 0.6 is 22.9 Å². The highest BCUT2D eigenvalue weighted by molar-refractivity contribution is 7.19. The number of carbonyl (C=O) groups excluding carboxylic acids is 2. The van der Waals surface area contributed by atoms with Gasteiger partial charge in [0.2, 0.25) is 6.79 Å². The van der Waals surface area contributed by atoms with Gasteiger partial charge in [0.15, 0.2) is 17.6 Å². The zero-order valence-corrected chi connectivity index (χ0v) is 19.6. The Morgan fingerprint density at radius 1 is 1.12 bits per heavy atom. The predicted molar refractivity (Wildman–Crippen MR) is 129 cm³/mol. The molecule has 0 fully saturated rings. The van der Waals surface area contributed by atoms with Gasteiger partial charge < -0.3 is 19.5 Å². The largest absolute Gasteiger partial charge is 0.454 e. The Labute approximate surface area is 204 Å². The van der Waals surface area contributed by atoms with E-state index in [1.165, 1.54) is 18.3 Å². The van der Waals surface area contributed by atoms with Crippen LogP contribution in [-0.2, 0) is 16.1 Å². The van der Waals surface area contributed by atoms with E-state index in [2.05, 4.69) is 10.3 Å². The van der Waals surface area contributed by atoms with Crippen LogP contribution in [0.3, 0.4) is 0 Å². The highest BCUT2D eigenvalue weighted by atomic mass is 35.5. The highest BCUT2D eigenvalue weighted by Crippen LogP contribution is 2.33. The van der Waals surface area contributed by atoms with Crippen molar-refractivity contribution in [3.63, 3.8) is 0 Å². The van der Waals surface area contributed by atoms with Crippen molar-refractivity contribution >= 4 is 45.7 Å². The van der Waals surface area contributed by atoms with E-state index in [0.717, 1.165) is 10.4 Å². The van der Waals surface area contributed by atoms with E-state index in [4.69, 9.17) is 25.8 Å². The number of pyridine rings is 1. The number of nitrogens with one attached hydrogen (secondary N) is 1. The number of fused-ring (bicyclic) bond motifs is 2. The van der Waals surface area contributed by atoms with Crippen LogP contribution in [0, 0.1) is 0 Å². The number of para-hydroxylation sites is 1. The number of benzene rings is 2. The fourth-order valence-electron chi connectivity index (χ4n) is 3.58. The molecule has 172 valence electrons. The van der Waals surface area contributed by atoms with E-state index in [1.807, 2.05) is 30.3 Å². The van der Waals surface area contributed by atoms with Crippen molar-refractivity contribution in [3.05, 3.63) is 76.1 Å². The van der Waals surface area contributed by atoms with Gasteiger partial charge in [0.25, 0.3) is 5.91 Å². The molecule has 4 aromatic rings. The molecule has 0 bridgehead atoms. The van der Waals surface area contributed by atoms with Crippen molar-refractivity contribution in [2.45, 2.75) is 19.6 Å². The summed E-state index contributed by atoms with van der Waals surface area (Å²) in [5, 5.41) is 3.43. The summed E-state index contributed by atoms with van der Waals surface area (Å²) in [5.41, 5.74) is 2.44. The smallest absolute Gasteiger partial charge is 0.339 e. The van der Waals surface area contributed by atoms with Gasteiger partial charge in [0.05, 0.1) is 26.0 Å². The van der Waals surface area contributed by atoms with Gasteiger partial charge >= 0.3 is 5.97 Å². The van der Waals surface area contributed by atoms with Gasteiger partial charge in [0, 0.05) is 11.9 Å². The fourth-order valence-corrected chi connectivity index (χ4v) is 4.59. The summed E-state index contributed by atoms with van der Waals surface area (Å²) in [6.07, 6.45) is -0.993. The minimum Gasteiger partial charge on any atom is -0.454 e. The second-order valence-corrected chi connectivity index (χ2v) is 9.34. The zero-order valence-electron chi connectivity index (χ0n) is 18.0. The van der Waals surface area contributed by atoms with Crippen LogP contribution in [0.2, 0.25) is 4.34 Å². The van der Waals surface area contributed by atoms with Crippen LogP contribution in [-0.4, -0.2) is 29.8 Å². The first-order chi connectivity index (χ1) is 16.5.